The highest BCUT2D eigenvalue weighted by Gasteiger charge is 2.53. The molecule has 2 atom stereocenters. The van der Waals surface area contributed by atoms with Gasteiger partial charge in [-0.25, -0.2) is 0 Å². The molecule has 2 rings (SSSR count). The summed E-state index contributed by atoms with van der Waals surface area (Å²) in [7, 11) is 0. The molecule has 66 valence electrons. The van der Waals surface area contributed by atoms with Crippen molar-refractivity contribution in [3.05, 3.63) is 0 Å². The maximum Gasteiger partial charge on any atom is 0.321 e. The van der Waals surface area contributed by atoms with Gasteiger partial charge in [0.1, 0.15) is 5.54 Å². The van der Waals surface area contributed by atoms with Crippen LogP contribution in [0, 0.1) is 5.92 Å². The number of hydrogen-bond acceptors (Lipinski definition) is 4. The molecule has 0 bridgehead atoms. The van der Waals surface area contributed by atoms with E-state index in [-0.39, 0.29) is 0 Å². The topological polar surface area (TPSA) is 62.0 Å². The third kappa shape index (κ3) is 1.03. The second-order valence-electron chi connectivity index (χ2n) is 3.51. The fourth-order valence-electron chi connectivity index (χ4n) is 1.58. The molecule has 1 N–H and O–H groups in total. The second-order valence-corrected chi connectivity index (χ2v) is 4.35. The Kier molecular flexibility index (Phi) is 1.64. The first-order valence-electron chi connectivity index (χ1n) is 3.95. The molecule has 1 aliphatic carbocycles. The van der Waals surface area contributed by atoms with Crippen molar-refractivity contribution in [2.45, 2.75) is 30.6 Å². The largest absolute Gasteiger partial charge is 0.480 e. The lowest BCUT2D eigenvalue weighted by atomic mass is 9.92. The molecule has 1 aliphatic heterocycles. The lowest BCUT2D eigenvalue weighted by Crippen LogP contribution is -2.39. The summed E-state index contributed by atoms with van der Waals surface area (Å²) in [6.07, 6.45) is 2.19. The Bertz CT molecular complexity index is 252. The Morgan fingerprint density at radius 3 is 2.83 bits per heavy atom. The number of carbonyl (C=O) groups is 1. The fraction of sp³-hybridized carbons (Fsp3) is 0.857. The van der Waals surface area contributed by atoms with Crippen LogP contribution in [0.4, 0.5) is 0 Å². The van der Waals surface area contributed by atoms with Gasteiger partial charge in [0.2, 0.25) is 0 Å². The predicted molar refractivity (Wildman–Crippen MR) is 45.0 cm³/mol. The van der Waals surface area contributed by atoms with Gasteiger partial charge in [-0.15, -0.1) is 4.52 Å². The molecule has 1 saturated carbocycles. The van der Waals surface area contributed by atoms with Crippen molar-refractivity contribution in [3.8, 4) is 0 Å². The van der Waals surface area contributed by atoms with Crippen LogP contribution in [0.2, 0.25) is 0 Å². The monoisotopic (exact) mass is 186 g/mol. The number of hydrogen-bond donors (Lipinski definition) is 1. The van der Waals surface area contributed by atoms with E-state index >= 15 is 0 Å². The van der Waals surface area contributed by atoms with E-state index in [1.807, 2.05) is 6.92 Å². The quantitative estimate of drug-likeness (QED) is 0.668. The molecular weight excluding hydrogens is 176 g/mol. The average molecular weight is 186 g/mol. The van der Waals surface area contributed by atoms with Crippen LogP contribution in [0.15, 0.2) is 9.63 Å². The molecule has 0 spiro atoms. The summed E-state index contributed by atoms with van der Waals surface area (Å²) < 4.78 is 3.76. The van der Waals surface area contributed by atoms with Crippen molar-refractivity contribution >= 4 is 17.9 Å². The van der Waals surface area contributed by atoms with Crippen LogP contribution in [0.3, 0.4) is 0 Å². The SMILES string of the molecule is CC1(C2CC2)N=NSC1C(=O)O. The van der Waals surface area contributed by atoms with E-state index in [1.54, 1.807) is 0 Å². The number of carboxylic acid groups (broad SMARTS) is 1. The molecule has 2 unspecified atom stereocenters. The minimum Gasteiger partial charge on any atom is -0.480 e. The normalized spacial score (nSPS) is 40.2. The van der Waals surface area contributed by atoms with E-state index in [0.717, 1.165) is 24.8 Å². The highest BCUT2D eigenvalue weighted by Crippen LogP contribution is 2.50. The van der Waals surface area contributed by atoms with Crippen molar-refractivity contribution in [2.75, 3.05) is 0 Å². The first-order chi connectivity index (χ1) is 5.64. The Labute approximate surface area is 74.6 Å². The molecule has 0 aromatic carbocycles. The lowest BCUT2D eigenvalue weighted by Gasteiger charge is -2.22. The summed E-state index contributed by atoms with van der Waals surface area (Å²) in [5.74, 6) is -0.350. The summed E-state index contributed by atoms with van der Waals surface area (Å²) >= 11 is 1.08. The standard InChI is InChI=1S/C7H10N2O2S/c1-7(4-2-3-4)5(6(10)11)12-9-8-7/h4-5H,2-3H2,1H3,(H,10,11). The predicted octanol–water partition coefficient (Wildman–Crippen LogP) is 1.72. The second kappa shape index (κ2) is 2.45. The molecule has 1 heterocycles. The highest BCUT2D eigenvalue weighted by atomic mass is 32.2. The van der Waals surface area contributed by atoms with Gasteiger partial charge >= 0.3 is 5.97 Å². The van der Waals surface area contributed by atoms with Crippen LogP contribution >= 0.6 is 11.9 Å². The summed E-state index contributed by atoms with van der Waals surface area (Å²) in [6.45, 7) is 1.90. The molecule has 0 radical (unpaired) electrons. The molecule has 0 amide bonds. The molecule has 4 nitrogen and oxygen atoms in total. The molecule has 5 heteroatoms. The Balaban J connectivity index is 2.21. The van der Waals surface area contributed by atoms with Crippen LogP contribution < -0.4 is 0 Å². The van der Waals surface area contributed by atoms with E-state index < -0.39 is 16.8 Å². The molecule has 1 fully saturated rings. The van der Waals surface area contributed by atoms with Gasteiger partial charge in [0.15, 0.2) is 5.25 Å². The first-order valence-corrected chi connectivity index (χ1v) is 4.79. The van der Waals surface area contributed by atoms with Crippen molar-refractivity contribution in [1.29, 1.82) is 0 Å². The van der Waals surface area contributed by atoms with Crippen LogP contribution in [-0.4, -0.2) is 21.9 Å². The third-order valence-corrected chi connectivity index (χ3v) is 3.63. The lowest BCUT2D eigenvalue weighted by molar-refractivity contribution is -0.137. The smallest absolute Gasteiger partial charge is 0.321 e. The zero-order valence-corrected chi connectivity index (χ0v) is 7.54. The van der Waals surface area contributed by atoms with Gasteiger partial charge < -0.3 is 5.11 Å². The summed E-state index contributed by atoms with van der Waals surface area (Å²) in [5.41, 5.74) is -0.434. The third-order valence-electron chi connectivity index (χ3n) is 2.57. The van der Waals surface area contributed by atoms with Gasteiger partial charge in [0, 0.05) is 11.9 Å². The molecule has 0 saturated heterocycles. The molecule has 0 aromatic heterocycles. The number of aliphatic carboxylic acids is 1. The molecular formula is C7H10N2O2S. The Morgan fingerprint density at radius 1 is 1.67 bits per heavy atom. The van der Waals surface area contributed by atoms with E-state index in [1.165, 1.54) is 0 Å². The minimum atomic E-state index is -0.792. The van der Waals surface area contributed by atoms with Gasteiger partial charge in [-0.1, -0.05) is 0 Å². The van der Waals surface area contributed by atoms with E-state index in [9.17, 15) is 4.79 Å². The highest BCUT2D eigenvalue weighted by molar-refractivity contribution is 7.99. The molecule has 0 aromatic rings. The maximum absolute atomic E-state index is 10.8. The zero-order chi connectivity index (χ0) is 8.77. The van der Waals surface area contributed by atoms with E-state index in [0.29, 0.717) is 5.92 Å². The minimum absolute atomic E-state index is 0.434. The van der Waals surface area contributed by atoms with Crippen molar-refractivity contribution in [2.24, 2.45) is 15.6 Å². The number of rotatable bonds is 2. The van der Waals surface area contributed by atoms with Crippen molar-refractivity contribution in [3.63, 3.8) is 0 Å². The summed E-state index contributed by atoms with van der Waals surface area (Å²) in [4.78, 5) is 10.8. The van der Waals surface area contributed by atoms with E-state index in [2.05, 4.69) is 9.63 Å². The van der Waals surface area contributed by atoms with Gasteiger partial charge in [-0.05, 0) is 25.7 Å². The molecule has 12 heavy (non-hydrogen) atoms. The summed E-state index contributed by atoms with van der Waals surface area (Å²) in [6, 6.07) is 0. The zero-order valence-electron chi connectivity index (χ0n) is 6.73. The number of nitrogens with zero attached hydrogens (tertiary/aromatic N) is 2. The summed E-state index contributed by atoms with van der Waals surface area (Å²) in [5, 5.41) is 12.5. The maximum atomic E-state index is 10.8. The van der Waals surface area contributed by atoms with Gasteiger partial charge in [0.25, 0.3) is 0 Å². The van der Waals surface area contributed by atoms with E-state index in [4.69, 9.17) is 5.11 Å². The van der Waals surface area contributed by atoms with Crippen LogP contribution in [0.5, 0.6) is 0 Å². The fourth-order valence-corrected chi connectivity index (χ4v) is 2.44. The molecule has 2 aliphatic rings. The van der Waals surface area contributed by atoms with Gasteiger partial charge in [0.05, 0.1) is 0 Å². The van der Waals surface area contributed by atoms with Crippen LogP contribution in [0.1, 0.15) is 19.8 Å². The Hall–Kier alpha value is -0.580. The van der Waals surface area contributed by atoms with Crippen molar-refractivity contribution in [1.82, 2.24) is 0 Å². The first kappa shape index (κ1) is 8.04. The average Bonchev–Trinajstić information content (AvgIpc) is 2.76. The van der Waals surface area contributed by atoms with Gasteiger partial charge in [-0.3, -0.25) is 4.79 Å². The number of carboxylic acids is 1. The van der Waals surface area contributed by atoms with Crippen LogP contribution in [0.25, 0.3) is 0 Å². The van der Waals surface area contributed by atoms with Crippen LogP contribution in [-0.2, 0) is 4.79 Å². The Morgan fingerprint density at radius 2 is 2.33 bits per heavy atom. The van der Waals surface area contributed by atoms with Crippen molar-refractivity contribution < 1.29 is 9.90 Å². The van der Waals surface area contributed by atoms with Gasteiger partial charge in [-0.2, -0.15) is 5.11 Å².